The van der Waals surface area contributed by atoms with Gasteiger partial charge in [-0.2, -0.15) is 0 Å². The van der Waals surface area contributed by atoms with Crippen molar-refractivity contribution >= 4 is 16.7 Å². The zero-order valence-electron chi connectivity index (χ0n) is 14.1. The SMILES string of the molecule is C=COCC(C(C)c1ccccc1)N(C)c1ccc2nc[nH]c2c1. The highest BCUT2D eigenvalue weighted by Crippen LogP contribution is 2.28. The van der Waals surface area contributed by atoms with E-state index in [2.05, 4.69) is 71.8 Å². The predicted molar refractivity (Wildman–Crippen MR) is 99.3 cm³/mol. The molecule has 4 heteroatoms. The Labute approximate surface area is 142 Å². The van der Waals surface area contributed by atoms with Crippen LogP contribution in [0.25, 0.3) is 11.0 Å². The van der Waals surface area contributed by atoms with Gasteiger partial charge in [-0.1, -0.05) is 43.8 Å². The Morgan fingerprint density at radius 3 is 2.79 bits per heavy atom. The summed E-state index contributed by atoms with van der Waals surface area (Å²) in [6, 6.07) is 17.0. The number of H-pyrrole nitrogens is 1. The number of fused-ring (bicyclic) bond motifs is 1. The third-order valence-corrected chi connectivity index (χ3v) is 4.60. The second-order valence-corrected chi connectivity index (χ2v) is 5.98. The summed E-state index contributed by atoms with van der Waals surface area (Å²) in [4.78, 5) is 9.72. The Morgan fingerprint density at radius 1 is 1.25 bits per heavy atom. The van der Waals surface area contributed by atoms with Crippen molar-refractivity contribution in [3.05, 3.63) is 73.3 Å². The molecule has 0 saturated heterocycles. The Hall–Kier alpha value is -2.75. The Morgan fingerprint density at radius 2 is 2.04 bits per heavy atom. The minimum absolute atomic E-state index is 0.186. The molecular weight excluding hydrogens is 298 g/mol. The maximum Gasteiger partial charge on any atom is 0.108 e. The van der Waals surface area contributed by atoms with Crippen molar-refractivity contribution in [2.45, 2.75) is 18.9 Å². The second kappa shape index (κ2) is 7.21. The number of aromatic amines is 1. The maximum absolute atomic E-state index is 5.56. The molecular formula is C20H23N3O. The third-order valence-electron chi connectivity index (χ3n) is 4.60. The lowest BCUT2D eigenvalue weighted by Gasteiger charge is -2.34. The zero-order valence-corrected chi connectivity index (χ0v) is 14.1. The molecule has 0 bridgehead atoms. The predicted octanol–water partition coefficient (Wildman–Crippen LogP) is 4.33. The second-order valence-electron chi connectivity index (χ2n) is 5.98. The Bertz CT molecular complexity index is 797. The normalized spacial score (nSPS) is 13.4. The van der Waals surface area contributed by atoms with Gasteiger partial charge in [-0.05, 0) is 23.8 Å². The highest BCUT2D eigenvalue weighted by Gasteiger charge is 2.24. The van der Waals surface area contributed by atoms with Gasteiger partial charge in [0.2, 0.25) is 0 Å². The average molecular weight is 321 g/mol. The molecule has 0 spiro atoms. The van der Waals surface area contributed by atoms with Crippen LogP contribution >= 0.6 is 0 Å². The first-order valence-electron chi connectivity index (χ1n) is 8.14. The molecule has 0 aliphatic carbocycles. The van der Waals surface area contributed by atoms with Crippen molar-refractivity contribution in [3.8, 4) is 0 Å². The van der Waals surface area contributed by atoms with E-state index in [-0.39, 0.29) is 6.04 Å². The van der Waals surface area contributed by atoms with Gasteiger partial charge in [-0.25, -0.2) is 4.98 Å². The van der Waals surface area contributed by atoms with Crippen LogP contribution in [0.2, 0.25) is 0 Å². The Kier molecular flexibility index (Phi) is 4.85. The minimum Gasteiger partial charge on any atom is -0.500 e. The lowest BCUT2D eigenvalue weighted by molar-refractivity contribution is 0.214. The molecule has 0 saturated carbocycles. The number of anilines is 1. The number of likely N-dealkylation sites (N-methyl/N-ethyl adjacent to an activating group) is 1. The molecule has 0 aliphatic heterocycles. The number of ether oxygens (including phenoxy) is 1. The molecule has 4 nitrogen and oxygen atoms in total. The van der Waals surface area contributed by atoms with Crippen LogP contribution in [0.4, 0.5) is 5.69 Å². The van der Waals surface area contributed by atoms with Crippen LogP contribution in [-0.2, 0) is 4.74 Å². The molecule has 0 radical (unpaired) electrons. The van der Waals surface area contributed by atoms with Crippen molar-refractivity contribution in [2.24, 2.45) is 0 Å². The van der Waals surface area contributed by atoms with Crippen LogP contribution < -0.4 is 4.90 Å². The van der Waals surface area contributed by atoms with E-state index in [0.717, 1.165) is 16.7 Å². The monoisotopic (exact) mass is 321 g/mol. The number of benzene rings is 2. The Balaban J connectivity index is 1.90. The number of rotatable bonds is 7. The van der Waals surface area contributed by atoms with Crippen LogP contribution in [0.5, 0.6) is 0 Å². The van der Waals surface area contributed by atoms with Crippen molar-refractivity contribution < 1.29 is 4.74 Å². The smallest absolute Gasteiger partial charge is 0.108 e. The zero-order chi connectivity index (χ0) is 16.9. The molecule has 1 N–H and O–H groups in total. The summed E-state index contributed by atoms with van der Waals surface area (Å²) in [6.45, 7) is 6.49. The number of hydrogen-bond donors (Lipinski definition) is 1. The highest BCUT2D eigenvalue weighted by molar-refractivity contribution is 5.79. The summed E-state index contributed by atoms with van der Waals surface area (Å²) in [5.74, 6) is 0.314. The quantitative estimate of drug-likeness (QED) is 0.658. The average Bonchev–Trinajstić information content (AvgIpc) is 3.10. The van der Waals surface area contributed by atoms with Crippen LogP contribution in [0.15, 0.2) is 67.7 Å². The molecule has 1 heterocycles. The minimum atomic E-state index is 0.186. The summed E-state index contributed by atoms with van der Waals surface area (Å²) in [5, 5.41) is 0. The molecule has 2 aromatic carbocycles. The van der Waals surface area contributed by atoms with Crippen molar-refractivity contribution in [1.29, 1.82) is 0 Å². The molecule has 0 amide bonds. The van der Waals surface area contributed by atoms with Gasteiger partial charge in [0.15, 0.2) is 0 Å². The molecule has 2 unspecified atom stereocenters. The fourth-order valence-corrected chi connectivity index (χ4v) is 3.07. The summed E-state index contributed by atoms with van der Waals surface area (Å²) in [7, 11) is 2.11. The van der Waals surface area contributed by atoms with E-state index in [0.29, 0.717) is 12.5 Å². The molecule has 0 aliphatic rings. The van der Waals surface area contributed by atoms with E-state index in [1.54, 1.807) is 6.33 Å². The topological polar surface area (TPSA) is 41.1 Å². The molecule has 3 rings (SSSR count). The van der Waals surface area contributed by atoms with Crippen molar-refractivity contribution in [1.82, 2.24) is 9.97 Å². The van der Waals surface area contributed by atoms with Crippen LogP contribution in [0.3, 0.4) is 0 Å². The fraction of sp³-hybridized carbons (Fsp3) is 0.250. The van der Waals surface area contributed by atoms with Gasteiger partial charge in [0, 0.05) is 18.7 Å². The highest BCUT2D eigenvalue weighted by atomic mass is 16.5. The van der Waals surface area contributed by atoms with Gasteiger partial charge in [0.05, 0.1) is 29.7 Å². The molecule has 0 fully saturated rings. The van der Waals surface area contributed by atoms with Crippen LogP contribution in [-0.4, -0.2) is 29.7 Å². The van der Waals surface area contributed by atoms with E-state index in [1.807, 2.05) is 12.1 Å². The van der Waals surface area contributed by atoms with Crippen LogP contribution in [0, 0.1) is 0 Å². The number of hydrogen-bond acceptors (Lipinski definition) is 3. The lowest BCUT2D eigenvalue weighted by Crippen LogP contribution is -2.39. The molecule has 1 aromatic heterocycles. The molecule has 124 valence electrons. The number of nitrogens with one attached hydrogen (secondary N) is 1. The van der Waals surface area contributed by atoms with E-state index >= 15 is 0 Å². The van der Waals surface area contributed by atoms with Gasteiger partial charge in [0.25, 0.3) is 0 Å². The van der Waals surface area contributed by atoms with E-state index < -0.39 is 0 Å². The van der Waals surface area contributed by atoms with Gasteiger partial charge >= 0.3 is 0 Å². The fourth-order valence-electron chi connectivity index (χ4n) is 3.07. The summed E-state index contributed by atoms with van der Waals surface area (Å²) in [5.41, 5.74) is 4.44. The summed E-state index contributed by atoms with van der Waals surface area (Å²) >= 11 is 0. The lowest BCUT2D eigenvalue weighted by atomic mass is 9.92. The molecule has 24 heavy (non-hydrogen) atoms. The molecule has 3 aromatic rings. The standard InChI is InChI=1S/C20H23N3O/c1-4-24-13-20(15(2)16-8-6-5-7-9-16)23(3)17-10-11-18-19(12-17)22-14-21-18/h4-12,14-15,20H,1,13H2,2-3H3,(H,21,22). The first-order valence-corrected chi connectivity index (χ1v) is 8.14. The van der Waals surface area contributed by atoms with Crippen LogP contribution in [0.1, 0.15) is 18.4 Å². The number of nitrogens with zero attached hydrogens (tertiary/aromatic N) is 2. The largest absolute Gasteiger partial charge is 0.500 e. The van der Waals surface area contributed by atoms with Crippen molar-refractivity contribution in [3.63, 3.8) is 0 Å². The van der Waals surface area contributed by atoms with Gasteiger partial charge in [-0.15, -0.1) is 0 Å². The number of aromatic nitrogens is 2. The van der Waals surface area contributed by atoms with E-state index in [9.17, 15) is 0 Å². The van der Waals surface area contributed by atoms with Crippen molar-refractivity contribution in [2.75, 3.05) is 18.6 Å². The summed E-state index contributed by atoms with van der Waals surface area (Å²) in [6.07, 6.45) is 3.23. The van der Waals surface area contributed by atoms with E-state index in [4.69, 9.17) is 4.74 Å². The third kappa shape index (κ3) is 3.27. The summed E-state index contributed by atoms with van der Waals surface area (Å²) < 4.78 is 5.56. The number of imidazole rings is 1. The first kappa shape index (κ1) is 16.1. The van der Waals surface area contributed by atoms with E-state index in [1.165, 1.54) is 11.8 Å². The van der Waals surface area contributed by atoms with Gasteiger partial charge < -0.3 is 14.6 Å². The van der Waals surface area contributed by atoms with Gasteiger partial charge in [0.1, 0.15) is 6.61 Å². The maximum atomic E-state index is 5.56. The molecule has 2 atom stereocenters. The van der Waals surface area contributed by atoms with Gasteiger partial charge in [-0.3, -0.25) is 0 Å². The first-order chi connectivity index (χ1) is 11.7.